The van der Waals surface area contributed by atoms with Gasteiger partial charge in [0.15, 0.2) is 9.84 Å². The highest BCUT2D eigenvalue weighted by molar-refractivity contribution is 7.91. The van der Waals surface area contributed by atoms with Crippen molar-refractivity contribution in [3.8, 4) is 5.75 Å². The number of aromatic nitrogens is 2. The average Bonchev–Trinajstić information content (AvgIpc) is 3.26. The summed E-state index contributed by atoms with van der Waals surface area (Å²) < 4.78 is 30.9. The number of methoxy groups -OCH3 is 1. The van der Waals surface area contributed by atoms with Gasteiger partial charge in [-0.3, -0.25) is 14.4 Å². The Labute approximate surface area is 189 Å². The fourth-order valence-electron chi connectivity index (χ4n) is 4.67. The molecule has 174 valence electrons. The van der Waals surface area contributed by atoms with Gasteiger partial charge in [0.05, 0.1) is 48.3 Å². The molecule has 32 heavy (non-hydrogen) atoms. The van der Waals surface area contributed by atoms with Crippen LogP contribution < -0.4 is 15.0 Å². The summed E-state index contributed by atoms with van der Waals surface area (Å²) in [7, 11) is -1.36. The van der Waals surface area contributed by atoms with Gasteiger partial charge in [-0.25, -0.2) is 8.42 Å². The topological polar surface area (TPSA) is 96.8 Å². The Morgan fingerprint density at radius 3 is 2.62 bits per heavy atom. The largest absolute Gasteiger partial charge is 0.497 e. The number of carbonyl (C=O) groups excluding carboxylic acids is 1. The first-order chi connectivity index (χ1) is 15.3. The lowest BCUT2D eigenvalue weighted by Gasteiger charge is -2.36. The molecule has 2 aliphatic heterocycles. The van der Waals surface area contributed by atoms with Crippen molar-refractivity contribution >= 4 is 27.1 Å². The van der Waals surface area contributed by atoms with Crippen LogP contribution in [0.15, 0.2) is 24.3 Å². The number of carbonyl (C=O) groups is 1. The molecular formula is C22H31N5O4S. The second-order valence-corrected chi connectivity index (χ2v) is 10.8. The third-order valence-electron chi connectivity index (χ3n) is 6.25. The summed E-state index contributed by atoms with van der Waals surface area (Å²) in [5, 5.41) is 7.61. The van der Waals surface area contributed by atoms with Crippen molar-refractivity contribution in [2.45, 2.75) is 26.3 Å². The van der Waals surface area contributed by atoms with Crippen LogP contribution in [0.2, 0.25) is 0 Å². The highest BCUT2D eigenvalue weighted by Crippen LogP contribution is 2.31. The summed E-state index contributed by atoms with van der Waals surface area (Å²) in [6, 6.07) is 7.26. The fourth-order valence-corrected chi connectivity index (χ4v) is 6.36. The van der Waals surface area contributed by atoms with E-state index in [2.05, 4.69) is 20.2 Å². The molecule has 1 N–H and O–H groups in total. The van der Waals surface area contributed by atoms with Crippen molar-refractivity contribution in [1.29, 1.82) is 0 Å². The lowest BCUT2D eigenvalue weighted by Crippen LogP contribution is -2.49. The number of benzene rings is 1. The number of rotatable bonds is 6. The van der Waals surface area contributed by atoms with E-state index >= 15 is 0 Å². The molecule has 0 spiro atoms. The Bertz CT molecular complexity index is 1090. The van der Waals surface area contributed by atoms with E-state index in [0.29, 0.717) is 18.7 Å². The average molecular weight is 462 g/mol. The van der Waals surface area contributed by atoms with E-state index in [0.717, 1.165) is 48.9 Å². The quantitative estimate of drug-likeness (QED) is 0.698. The number of hydrogen-bond acceptors (Lipinski definition) is 7. The molecule has 2 fully saturated rings. The molecule has 2 aromatic rings. The maximum Gasteiger partial charge on any atom is 0.238 e. The molecule has 0 radical (unpaired) electrons. The summed E-state index contributed by atoms with van der Waals surface area (Å²) in [4.78, 5) is 16.9. The molecule has 1 unspecified atom stereocenters. The summed E-state index contributed by atoms with van der Waals surface area (Å²) >= 11 is 0. The van der Waals surface area contributed by atoms with Crippen LogP contribution in [0, 0.1) is 13.8 Å². The Morgan fingerprint density at radius 1 is 1.22 bits per heavy atom. The maximum atomic E-state index is 12.5. The van der Waals surface area contributed by atoms with Gasteiger partial charge in [0.25, 0.3) is 0 Å². The van der Waals surface area contributed by atoms with Crippen LogP contribution in [0.5, 0.6) is 5.75 Å². The predicted octanol–water partition coefficient (Wildman–Crippen LogP) is 1.63. The minimum absolute atomic E-state index is 0.0469. The van der Waals surface area contributed by atoms with Crippen LogP contribution in [0.25, 0.3) is 0 Å². The molecule has 1 aromatic heterocycles. The van der Waals surface area contributed by atoms with Gasteiger partial charge in [-0.15, -0.1) is 0 Å². The first kappa shape index (κ1) is 22.6. The van der Waals surface area contributed by atoms with Crippen LogP contribution in [0.3, 0.4) is 0 Å². The number of aryl methyl sites for hydroxylation is 1. The summed E-state index contributed by atoms with van der Waals surface area (Å²) in [6.07, 6.45) is 0.625. The Hall–Kier alpha value is -2.59. The van der Waals surface area contributed by atoms with E-state index in [4.69, 9.17) is 4.74 Å². The monoisotopic (exact) mass is 461 g/mol. The number of sulfone groups is 1. The van der Waals surface area contributed by atoms with Crippen molar-refractivity contribution < 1.29 is 17.9 Å². The smallest absolute Gasteiger partial charge is 0.238 e. The summed E-state index contributed by atoms with van der Waals surface area (Å²) in [5.74, 6) is 1.07. The van der Waals surface area contributed by atoms with Crippen LogP contribution >= 0.6 is 0 Å². The Kier molecular flexibility index (Phi) is 6.43. The van der Waals surface area contributed by atoms with Gasteiger partial charge in [-0.1, -0.05) is 6.07 Å². The van der Waals surface area contributed by atoms with E-state index in [1.54, 1.807) is 13.2 Å². The molecule has 1 aromatic carbocycles. The zero-order valence-corrected chi connectivity index (χ0v) is 19.7. The van der Waals surface area contributed by atoms with Gasteiger partial charge in [0.2, 0.25) is 5.91 Å². The molecular weight excluding hydrogens is 430 g/mol. The van der Waals surface area contributed by atoms with Crippen molar-refractivity contribution in [1.82, 2.24) is 14.7 Å². The number of nitrogens with zero attached hydrogens (tertiary/aromatic N) is 4. The number of nitrogens with one attached hydrogen (secondary N) is 1. The van der Waals surface area contributed by atoms with Crippen molar-refractivity contribution in [2.24, 2.45) is 0 Å². The zero-order chi connectivity index (χ0) is 22.9. The van der Waals surface area contributed by atoms with E-state index in [-0.39, 0.29) is 23.5 Å². The van der Waals surface area contributed by atoms with Gasteiger partial charge in [0.1, 0.15) is 5.75 Å². The number of ether oxygens (including phenoxy) is 1. The van der Waals surface area contributed by atoms with Crippen LogP contribution in [-0.4, -0.2) is 80.3 Å². The van der Waals surface area contributed by atoms with E-state index in [1.165, 1.54) is 0 Å². The van der Waals surface area contributed by atoms with E-state index in [1.807, 2.05) is 36.7 Å². The molecule has 4 rings (SSSR count). The molecule has 0 bridgehead atoms. The third kappa shape index (κ3) is 4.91. The molecule has 1 amide bonds. The van der Waals surface area contributed by atoms with Crippen molar-refractivity contribution in [3.05, 3.63) is 35.7 Å². The molecule has 10 heteroatoms. The minimum Gasteiger partial charge on any atom is -0.497 e. The number of piperazine rings is 1. The standard InChI is InChI=1S/C22H31N5O4S/c1-16-22(17(2)27(24-16)19-7-12-32(29,30)15-19)26-10-8-25(9-11-26)14-21(28)23-18-5-4-6-20(13-18)31-3/h4-6,13,19H,7-12,14-15H2,1-3H3,(H,23,28). The molecule has 0 saturated carbocycles. The second kappa shape index (κ2) is 9.11. The van der Waals surface area contributed by atoms with Crippen LogP contribution in [0.4, 0.5) is 11.4 Å². The Morgan fingerprint density at radius 2 is 1.97 bits per heavy atom. The lowest BCUT2D eigenvalue weighted by molar-refractivity contribution is -0.117. The third-order valence-corrected chi connectivity index (χ3v) is 8.00. The summed E-state index contributed by atoms with van der Waals surface area (Å²) in [6.45, 7) is 7.47. The highest BCUT2D eigenvalue weighted by atomic mass is 32.2. The zero-order valence-electron chi connectivity index (χ0n) is 18.9. The van der Waals surface area contributed by atoms with Crippen molar-refractivity contribution in [2.75, 3.05) is 61.6 Å². The van der Waals surface area contributed by atoms with E-state index in [9.17, 15) is 13.2 Å². The van der Waals surface area contributed by atoms with Gasteiger partial charge < -0.3 is 15.0 Å². The van der Waals surface area contributed by atoms with Gasteiger partial charge >= 0.3 is 0 Å². The number of amides is 1. The SMILES string of the molecule is COc1cccc(NC(=O)CN2CCN(c3c(C)nn(C4CCS(=O)(=O)C4)c3C)CC2)c1. The molecule has 1 atom stereocenters. The van der Waals surface area contributed by atoms with E-state index < -0.39 is 9.84 Å². The second-order valence-electron chi connectivity index (χ2n) is 8.56. The fraction of sp³-hybridized carbons (Fsp3) is 0.545. The van der Waals surface area contributed by atoms with Gasteiger partial charge in [0, 0.05) is 37.9 Å². The van der Waals surface area contributed by atoms with Crippen LogP contribution in [0.1, 0.15) is 23.9 Å². The molecule has 2 saturated heterocycles. The van der Waals surface area contributed by atoms with Crippen LogP contribution in [-0.2, 0) is 14.6 Å². The van der Waals surface area contributed by atoms with Crippen molar-refractivity contribution in [3.63, 3.8) is 0 Å². The van der Waals surface area contributed by atoms with Gasteiger partial charge in [-0.2, -0.15) is 5.10 Å². The first-order valence-electron chi connectivity index (χ1n) is 10.9. The predicted molar refractivity (Wildman–Crippen MR) is 124 cm³/mol. The first-order valence-corrected chi connectivity index (χ1v) is 12.8. The number of anilines is 2. The molecule has 0 aliphatic carbocycles. The maximum absolute atomic E-state index is 12.5. The molecule has 9 nitrogen and oxygen atoms in total. The van der Waals surface area contributed by atoms with Gasteiger partial charge in [-0.05, 0) is 32.4 Å². The highest BCUT2D eigenvalue weighted by Gasteiger charge is 2.32. The number of hydrogen-bond donors (Lipinski definition) is 1. The summed E-state index contributed by atoms with van der Waals surface area (Å²) in [5.41, 5.74) is 3.76. The molecule has 3 heterocycles. The Balaban J connectivity index is 1.34. The molecule has 2 aliphatic rings. The lowest BCUT2D eigenvalue weighted by atomic mass is 10.2. The normalized spacial score (nSPS) is 21.0. The minimum atomic E-state index is -2.96.